The first-order chi connectivity index (χ1) is 15.0. The molecular weight excluding hydrogens is 430 g/mol. The molecule has 0 spiro atoms. The molecule has 0 saturated carbocycles. The van der Waals surface area contributed by atoms with Crippen LogP contribution in [0.25, 0.3) is 0 Å². The third-order valence-corrected chi connectivity index (χ3v) is 5.97. The molecule has 0 unspecified atom stereocenters. The van der Waals surface area contributed by atoms with E-state index in [1.54, 1.807) is 10.9 Å². The minimum absolute atomic E-state index is 0.242. The summed E-state index contributed by atoms with van der Waals surface area (Å²) in [5.74, 6) is 0.910. The number of rotatable bonds is 7. The van der Waals surface area contributed by atoms with E-state index < -0.39 is 0 Å². The molecule has 0 atom stereocenters. The highest BCUT2D eigenvalue weighted by Crippen LogP contribution is 2.23. The fourth-order valence-corrected chi connectivity index (χ4v) is 3.97. The Balaban J connectivity index is 1.36. The van der Waals surface area contributed by atoms with Gasteiger partial charge in [-0.1, -0.05) is 59.1 Å². The van der Waals surface area contributed by atoms with Crippen LogP contribution in [-0.2, 0) is 13.2 Å². The monoisotopic (exact) mass is 451 g/mol. The molecule has 0 bridgehead atoms. The van der Waals surface area contributed by atoms with E-state index in [2.05, 4.69) is 34.7 Å². The van der Waals surface area contributed by atoms with E-state index >= 15 is 0 Å². The van der Waals surface area contributed by atoms with Crippen molar-refractivity contribution in [3.05, 3.63) is 98.3 Å². The molecule has 1 amide bonds. The van der Waals surface area contributed by atoms with Crippen LogP contribution in [0.1, 0.15) is 31.9 Å². The van der Waals surface area contributed by atoms with Gasteiger partial charge in [-0.25, -0.2) is 0 Å². The molecule has 0 fully saturated rings. The van der Waals surface area contributed by atoms with E-state index in [0.717, 1.165) is 16.9 Å². The van der Waals surface area contributed by atoms with Gasteiger partial charge >= 0.3 is 0 Å². The summed E-state index contributed by atoms with van der Waals surface area (Å²) < 4.78 is 7.50. The van der Waals surface area contributed by atoms with Crippen molar-refractivity contribution < 1.29 is 9.53 Å². The fraction of sp³-hybridized carbons (Fsp3) is 0.167. The van der Waals surface area contributed by atoms with Crippen molar-refractivity contribution in [2.45, 2.75) is 27.0 Å². The molecule has 2 aromatic heterocycles. The van der Waals surface area contributed by atoms with Crippen molar-refractivity contribution >= 4 is 34.7 Å². The minimum atomic E-state index is -0.242. The van der Waals surface area contributed by atoms with Gasteiger partial charge in [0.2, 0.25) is 0 Å². The molecule has 2 heterocycles. The first-order valence-corrected chi connectivity index (χ1v) is 11.1. The van der Waals surface area contributed by atoms with E-state index in [1.807, 2.05) is 49.6 Å². The fourth-order valence-electron chi connectivity index (χ4n) is 2.98. The topological polar surface area (TPSA) is 56.2 Å². The van der Waals surface area contributed by atoms with Crippen LogP contribution < -0.4 is 10.1 Å². The van der Waals surface area contributed by atoms with Gasteiger partial charge in [0.25, 0.3) is 5.91 Å². The lowest BCUT2D eigenvalue weighted by Gasteiger charge is -2.04. The predicted molar refractivity (Wildman–Crippen MR) is 125 cm³/mol. The van der Waals surface area contributed by atoms with Crippen LogP contribution in [0.15, 0.2) is 66.2 Å². The number of ether oxygens (including phenoxy) is 1. The molecule has 31 heavy (non-hydrogen) atoms. The van der Waals surface area contributed by atoms with E-state index in [4.69, 9.17) is 16.3 Å². The summed E-state index contributed by atoms with van der Waals surface area (Å²) in [6.07, 6.45) is 1.71. The van der Waals surface area contributed by atoms with Gasteiger partial charge < -0.3 is 10.1 Å². The molecule has 1 N–H and O–H groups in total. The van der Waals surface area contributed by atoms with Crippen molar-refractivity contribution in [2.24, 2.45) is 0 Å². The third-order valence-electron chi connectivity index (χ3n) is 4.72. The Morgan fingerprint density at radius 2 is 1.74 bits per heavy atom. The second-order valence-corrected chi connectivity index (χ2v) is 8.70. The summed E-state index contributed by atoms with van der Waals surface area (Å²) in [5.41, 5.74) is 4.43. The summed E-state index contributed by atoms with van der Waals surface area (Å²) in [6, 6.07) is 17.9. The van der Waals surface area contributed by atoms with Gasteiger partial charge in [0.1, 0.15) is 17.4 Å². The van der Waals surface area contributed by atoms with Crippen LogP contribution in [0.5, 0.6) is 5.75 Å². The number of carbonyl (C=O) groups excluding carboxylic acids is 1. The molecule has 0 aliphatic rings. The zero-order valence-corrected chi connectivity index (χ0v) is 18.8. The normalized spacial score (nSPS) is 10.8. The number of hydrogen-bond donors (Lipinski definition) is 1. The molecule has 0 aliphatic heterocycles. The molecule has 0 saturated heterocycles. The van der Waals surface area contributed by atoms with Gasteiger partial charge in [-0.05, 0) is 43.0 Å². The Labute approximate surface area is 190 Å². The van der Waals surface area contributed by atoms with Crippen LogP contribution in [0.4, 0.5) is 5.82 Å². The first kappa shape index (κ1) is 21.2. The Hall–Kier alpha value is -3.09. The Morgan fingerprint density at radius 3 is 2.45 bits per heavy atom. The van der Waals surface area contributed by atoms with Gasteiger partial charge in [-0.15, -0.1) is 11.3 Å². The number of hydrogen-bond acceptors (Lipinski definition) is 4. The molecule has 158 valence electrons. The van der Waals surface area contributed by atoms with Crippen molar-refractivity contribution in [2.75, 3.05) is 5.32 Å². The number of thiophene rings is 1. The number of aryl methyl sites for hydroxylation is 2. The highest BCUT2D eigenvalue weighted by atomic mass is 35.5. The number of nitrogens with zero attached hydrogens (tertiary/aromatic N) is 2. The summed E-state index contributed by atoms with van der Waals surface area (Å²) in [4.78, 5) is 13.2. The lowest BCUT2D eigenvalue weighted by atomic mass is 10.1. The summed E-state index contributed by atoms with van der Waals surface area (Å²) in [5, 5.41) is 9.54. The Kier molecular flexibility index (Phi) is 6.39. The number of carbonyl (C=O) groups is 1. The maximum atomic E-state index is 12.6. The van der Waals surface area contributed by atoms with Gasteiger partial charge in [0.15, 0.2) is 5.82 Å². The summed E-state index contributed by atoms with van der Waals surface area (Å²) in [6.45, 7) is 5.06. The number of anilines is 1. The van der Waals surface area contributed by atoms with E-state index in [-0.39, 0.29) is 5.91 Å². The second kappa shape index (κ2) is 9.37. The van der Waals surface area contributed by atoms with Crippen LogP contribution >= 0.6 is 22.9 Å². The Bertz CT molecular complexity index is 1180. The minimum Gasteiger partial charge on any atom is -0.489 e. The number of benzene rings is 2. The number of amides is 1. The second-order valence-electron chi connectivity index (χ2n) is 7.38. The average Bonchev–Trinajstić information content (AvgIpc) is 3.36. The molecular formula is C24H22ClN3O2S. The van der Waals surface area contributed by atoms with Crippen LogP contribution in [0.3, 0.4) is 0 Å². The number of halogens is 1. The lowest BCUT2D eigenvalue weighted by Crippen LogP contribution is -2.11. The zero-order valence-electron chi connectivity index (χ0n) is 17.3. The summed E-state index contributed by atoms with van der Waals surface area (Å²) in [7, 11) is 0. The quantitative estimate of drug-likeness (QED) is 0.369. The number of nitrogens with one attached hydrogen (secondary N) is 1. The van der Waals surface area contributed by atoms with Crippen molar-refractivity contribution in [1.82, 2.24) is 9.78 Å². The standard InChI is InChI=1S/C24H22ClN3O2S/c1-16-3-7-18(8-4-16)12-28-13-21(25)23(27-28)26-24(29)22-11-19(15-31-22)14-30-20-9-5-17(2)6-10-20/h3-11,13,15H,12,14H2,1-2H3,(H,26,27,29). The lowest BCUT2D eigenvalue weighted by molar-refractivity contribution is 0.103. The molecule has 7 heteroatoms. The summed E-state index contributed by atoms with van der Waals surface area (Å²) >= 11 is 7.65. The predicted octanol–water partition coefficient (Wildman–Crippen LogP) is 6.09. The molecule has 0 radical (unpaired) electrons. The highest BCUT2D eigenvalue weighted by molar-refractivity contribution is 7.12. The van der Waals surface area contributed by atoms with Crippen LogP contribution in [-0.4, -0.2) is 15.7 Å². The zero-order chi connectivity index (χ0) is 21.8. The molecule has 4 aromatic rings. The average molecular weight is 452 g/mol. The van der Waals surface area contributed by atoms with Gasteiger partial charge in [-0.3, -0.25) is 9.48 Å². The SMILES string of the molecule is Cc1ccc(Cn2cc(Cl)c(NC(=O)c3cc(COc4ccc(C)cc4)cs3)n2)cc1. The molecule has 5 nitrogen and oxygen atoms in total. The third kappa shape index (κ3) is 5.54. The molecule has 4 rings (SSSR count). The van der Waals surface area contributed by atoms with E-state index in [0.29, 0.717) is 28.9 Å². The van der Waals surface area contributed by atoms with Crippen LogP contribution in [0.2, 0.25) is 5.02 Å². The first-order valence-electron chi connectivity index (χ1n) is 9.83. The Morgan fingerprint density at radius 1 is 1.06 bits per heavy atom. The van der Waals surface area contributed by atoms with Crippen molar-refractivity contribution in [3.63, 3.8) is 0 Å². The van der Waals surface area contributed by atoms with Gasteiger partial charge in [0.05, 0.1) is 11.4 Å². The maximum Gasteiger partial charge on any atom is 0.266 e. The van der Waals surface area contributed by atoms with Crippen LogP contribution in [0, 0.1) is 13.8 Å². The molecule has 0 aliphatic carbocycles. The van der Waals surface area contributed by atoms with Gasteiger partial charge in [-0.2, -0.15) is 5.10 Å². The smallest absolute Gasteiger partial charge is 0.266 e. The van der Waals surface area contributed by atoms with Gasteiger partial charge in [0, 0.05) is 11.8 Å². The molecule has 2 aromatic carbocycles. The van der Waals surface area contributed by atoms with E-state index in [1.165, 1.54) is 22.5 Å². The van der Waals surface area contributed by atoms with Crippen molar-refractivity contribution in [3.8, 4) is 5.75 Å². The van der Waals surface area contributed by atoms with E-state index in [9.17, 15) is 4.79 Å². The van der Waals surface area contributed by atoms with Crippen molar-refractivity contribution in [1.29, 1.82) is 0 Å². The number of aromatic nitrogens is 2. The maximum absolute atomic E-state index is 12.6. The largest absolute Gasteiger partial charge is 0.489 e. The highest BCUT2D eigenvalue weighted by Gasteiger charge is 2.15.